The Morgan fingerprint density at radius 2 is 2.05 bits per heavy atom. The average molecular weight is 293 g/mol. The van der Waals surface area contributed by atoms with Crippen molar-refractivity contribution in [3.05, 3.63) is 29.3 Å². The van der Waals surface area contributed by atoms with Gasteiger partial charge in [-0.2, -0.15) is 5.26 Å². The molecule has 1 fully saturated rings. The van der Waals surface area contributed by atoms with Crippen LogP contribution in [0, 0.1) is 18.3 Å². The molecule has 6 heteroatoms. The first-order valence-corrected chi connectivity index (χ1v) is 8.16. The quantitative estimate of drug-likeness (QED) is 0.877. The number of nitrogens with two attached hydrogens (primary N) is 1. The van der Waals surface area contributed by atoms with Crippen molar-refractivity contribution in [3.8, 4) is 6.07 Å². The Hall–Kier alpha value is -1.42. The summed E-state index contributed by atoms with van der Waals surface area (Å²) in [7, 11) is -3.60. The lowest BCUT2D eigenvalue weighted by atomic mass is 10.0. The number of aryl methyl sites for hydroxylation is 1. The van der Waals surface area contributed by atoms with E-state index >= 15 is 0 Å². The molecule has 0 bridgehead atoms. The minimum atomic E-state index is -3.60. The maximum atomic E-state index is 12.5. The Balaban J connectivity index is 2.31. The van der Waals surface area contributed by atoms with Gasteiger partial charge in [0.05, 0.1) is 16.5 Å². The van der Waals surface area contributed by atoms with Crippen molar-refractivity contribution in [1.82, 2.24) is 4.72 Å². The molecule has 3 N–H and O–H groups in total. The van der Waals surface area contributed by atoms with Crippen LogP contribution in [0.5, 0.6) is 0 Å². The molecular weight excluding hydrogens is 274 g/mol. The van der Waals surface area contributed by atoms with Crippen molar-refractivity contribution in [2.75, 3.05) is 6.54 Å². The Morgan fingerprint density at radius 3 is 2.55 bits per heavy atom. The van der Waals surface area contributed by atoms with E-state index in [-0.39, 0.29) is 4.90 Å². The lowest BCUT2D eigenvalue weighted by Crippen LogP contribution is -2.51. The normalized spacial score (nSPS) is 17.9. The lowest BCUT2D eigenvalue weighted by molar-refractivity contribution is 0.399. The number of nitriles is 1. The van der Waals surface area contributed by atoms with Gasteiger partial charge in [-0.05, 0) is 43.5 Å². The van der Waals surface area contributed by atoms with E-state index in [0.717, 1.165) is 25.7 Å². The minimum absolute atomic E-state index is 0.189. The molecular formula is C14H19N3O2S. The summed E-state index contributed by atoms with van der Waals surface area (Å²) in [4.78, 5) is 0.189. The van der Waals surface area contributed by atoms with E-state index in [1.807, 2.05) is 6.07 Å². The monoisotopic (exact) mass is 293 g/mol. The highest BCUT2D eigenvalue weighted by molar-refractivity contribution is 7.89. The van der Waals surface area contributed by atoms with Crippen LogP contribution in [0.3, 0.4) is 0 Å². The second kappa shape index (κ2) is 5.52. The number of rotatable bonds is 4. The average Bonchev–Trinajstić information content (AvgIpc) is 2.87. The fourth-order valence-corrected chi connectivity index (χ4v) is 4.23. The highest BCUT2D eigenvalue weighted by Crippen LogP contribution is 2.30. The molecule has 20 heavy (non-hydrogen) atoms. The summed E-state index contributed by atoms with van der Waals surface area (Å²) < 4.78 is 27.7. The predicted octanol–water partition coefficient (Wildman–Crippen LogP) is 1.42. The van der Waals surface area contributed by atoms with Crippen molar-refractivity contribution in [2.45, 2.75) is 43.0 Å². The third-order valence-corrected chi connectivity index (χ3v) is 5.51. The summed E-state index contributed by atoms with van der Waals surface area (Å²) in [6.07, 6.45) is 3.54. The lowest BCUT2D eigenvalue weighted by Gasteiger charge is -2.28. The second-order valence-electron chi connectivity index (χ2n) is 5.39. The number of nitrogens with one attached hydrogen (secondary N) is 1. The van der Waals surface area contributed by atoms with Gasteiger partial charge < -0.3 is 5.73 Å². The van der Waals surface area contributed by atoms with Crippen molar-refractivity contribution in [2.24, 2.45) is 5.73 Å². The maximum absolute atomic E-state index is 12.5. The number of hydrogen-bond acceptors (Lipinski definition) is 4. The fraction of sp³-hybridized carbons (Fsp3) is 0.500. The van der Waals surface area contributed by atoms with Gasteiger partial charge in [0, 0.05) is 12.1 Å². The molecule has 1 aliphatic carbocycles. The minimum Gasteiger partial charge on any atom is -0.329 e. The van der Waals surface area contributed by atoms with E-state index in [1.54, 1.807) is 6.92 Å². The molecule has 1 aromatic rings. The van der Waals surface area contributed by atoms with E-state index in [0.29, 0.717) is 17.7 Å². The fourth-order valence-electron chi connectivity index (χ4n) is 2.67. The van der Waals surface area contributed by atoms with Gasteiger partial charge in [-0.1, -0.05) is 12.8 Å². The Kier molecular flexibility index (Phi) is 4.14. The summed E-state index contributed by atoms with van der Waals surface area (Å²) in [5, 5.41) is 8.89. The Bertz CT molecular complexity index is 641. The Labute approximate surface area is 119 Å². The second-order valence-corrected chi connectivity index (χ2v) is 7.07. The first-order chi connectivity index (χ1) is 9.42. The number of nitrogens with zero attached hydrogens (tertiary/aromatic N) is 1. The van der Waals surface area contributed by atoms with Crippen LogP contribution in [0.15, 0.2) is 23.1 Å². The maximum Gasteiger partial charge on any atom is 0.241 e. The molecule has 1 aliphatic rings. The van der Waals surface area contributed by atoms with Gasteiger partial charge in [0.2, 0.25) is 10.0 Å². The van der Waals surface area contributed by atoms with Crippen molar-refractivity contribution in [3.63, 3.8) is 0 Å². The topological polar surface area (TPSA) is 96.0 Å². The molecule has 108 valence electrons. The predicted molar refractivity (Wildman–Crippen MR) is 76.5 cm³/mol. The van der Waals surface area contributed by atoms with Crippen LogP contribution in [0.4, 0.5) is 0 Å². The van der Waals surface area contributed by atoms with Gasteiger partial charge in [-0.15, -0.1) is 0 Å². The molecule has 0 radical (unpaired) electrons. The van der Waals surface area contributed by atoms with Crippen molar-refractivity contribution < 1.29 is 8.42 Å². The van der Waals surface area contributed by atoms with Crippen LogP contribution in [0.25, 0.3) is 0 Å². The molecule has 0 unspecified atom stereocenters. The molecule has 1 aromatic carbocycles. The van der Waals surface area contributed by atoms with Crippen LogP contribution < -0.4 is 10.5 Å². The molecule has 0 atom stereocenters. The zero-order valence-electron chi connectivity index (χ0n) is 11.5. The van der Waals surface area contributed by atoms with Gasteiger partial charge in [-0.25, -0.2) is 13.1 Å². The zero-order valence-corrected chi connectivity index (χ0v) is 12.3. The summed E-state index contributed by atoms with van der Waals surface area (Å²) in [6, 6.07) is 6.56. The summed E-state index contributed by atoms with van der Waals surface area (Å²) in [5.41, 5.74) is 6.39. The van der Waals surface area contributed by atoms with Gasteiger partial charge >= 0.3 is 0 Å². The highest BCUT2D eigenvalue weighted by Gasteiger charge is 2.36. The molecule has 0 saturated heterocycles. The van der Waals surface area contributed by atoms with Gasteiger partial charge in [0.25, 0.3) is 0 Å². The van der Waals surface area contributed by atoms with Crippen LogP contribution in [-0.4, -0.2) is 20.5 Å². The zero-order chi connectivity index (χ0) is 14.8. The molecule has 0 aromatic heterocycles. The van der Waals surface area contributed by atoms with Crippen molar-refractivity contribution in [1.29, 1.82) is 5.26 Å². The van der Waals surface area contributed by atoms with Crippen LogP contribution in [0.1, 0.15) is 36.8 Å². The van der Waals surface area contributed by atoms with Crippen LogP contribution in [0.2, 0.25) is 0 Å². The van der Waals surface area contributed by atoms with Gasteiger partial charge in [0.1, 0.15) is 0 Å². The Morgan fingerprint density at radius 1 is 1.40 bits per heavy atom. The molecule has 0 heterocycles. The highest BCUT2D eigenvalue weighted by atomic mass is 32.2. The summed E-state index contributed by atoms with van der Waals surface area (Å²) in [6.45, 7) is 2.04. The van der Waals surface area contributed by atoms with Crippen molar-refractivity contribution >= 4 is 10.0 Å². The van der Waals surface area contributed by atoms with Gasteiger partial charge in [-0.3, -0.25) is 0 Å². The van der Waals surface area contributed by atoms with E-state index in [4.69, 9.17) is 11.0 Å². The third-order valence-electron chi connectivity index (χ3n) is 3.93. The standard InChI is InChI=1S/C14H19N3O2S/c1-11-8-13(5-4-12(11)9-15)20(18,19)17-14(10-16)6-2-3-7-14/h4-5,8,17H,2-3,6-7,10,16H2,1H3. The van der Waals surface area contributed by atoms with Gasteiger partial charge in [0.15, 0.2) is 0 Å². The summed E-state index contributed by atoms with van der Waals surface area (Å²) >= 11 is 0. The van der Waals surface area contributed by atoms with E-state index in [1.165, 1.54) is 18.2 Å². The largest absolute Gasteiger partial charge is 0.329 e. The van der Waals surface area contributed by atoms with E-state index < -0.39 is 15.6 Å². The molecule has 2 rings (SSSR count). The first kappa shape index (κ1) is 15.0. The van der Waals surface area contributed by atoms with E-state index in [2.05, 4.69) is 4.72 Å². The molecule has 0 amide bonds. The molecule has 0 spiro atoms. The summed E-state index contributed by atoms with van der Waals surface area (Å²) in [5.74, 6) is 0. The smallest absolute Gasteiger partial charge is 0.241 e. The number of sulfonamides is 1. The SMILES string of the molecule is Cc1cc(S(=O)(=O)NC2(CN)CCCC2)ccc1C#N. The molecule has 0 aliphatic heterocycles. The molecule has 1 saturated carbocycles. The number of benzene rings is 1. The van der Waals surface area contributed by atoms with Crippen LogP contribution in [-0.2, 0) is 10.0 Å². The third kappa shape index (κ3) is 2.85. The van der Waals surface area contributed by atoms with E-state index in [9.17, 15) is 8.42 Å². The first-order valence-electron chi connectivity index (χ1n) is 6.67. The molecule has 5 nitrogen and oxygen atoms in total. The van der Waals surface area contributed by atoms with Crippen LogP contribution >= 0.6 is 0 Å². The number of hydrogen-bond donors (Lipinski definition) is 2.